The smallest absolute Gasteiger partial charge is 0.254 e. The van der Waals surface area contributed by atoms with Crippen LogP contribution in [0.15, 0.2) is 54.9 Å². The lowest BCUT2D eigenvalue weighted by molar-refractivity contribution is -0.119. The Kier molecular flexibility index (Phi) is 5.51. The minimum Gasteiger partial charge on any atom is -0.327 e. The van der Waals surface area contributed by atoms with Gasteiger partial charge in [-0.05, 0) is 55.3 Å². The van der Waals surface area contributed by atoms with Gasteiger partial charge in [0.1, 0.15) is 6.04 Å². The molecule has 0 radical (unpaired) electrons. The first-order valence-corrected chi connectivity index (χ1v) is 9.82. The number of rotatable bonds is 4. The van der Waals surface area contributed by atoms with Gasteiger partial charge in [0.15, 0.2) is 0 Å². The van der Waals surface area contributed by atoms with Crippen LogP contribution in [0, 0.1) is 0 Å². The van der Waals surface area contributed by atoms with Gasteiger partial charge in [0.2, 0.25) is 5.91 Å². The number of anilines is 1. The van der Waals surface area contributed by atoms with Gasteiger partial charge < -0.3 is 10.2 Å². The summed E-state index contributed by atoms with van der Waals surface area (Å²) in [6.45, 7) is 0.515. The summed E-state index contributed by atoms with van der Waals surface area (Å²) in [5.74, 6) is -0.456. The number of hydrogen-bond donors (Lipinski definition) is 1. The van der Waals surface area contributed by atoms with Gasteiger partial charge in [0.25, 0.3) is 5.91 Å². The highest BCUT2D eigenvalue weighted by molar-refractivity contribution is 6.42. The summed E-state index contributed by atoms with van der Waals surface area (Å²) in [7, 11) is 0. The molecule has 3 aromatic rings. The topological polar surface area (TPSA) is 80.1 Å². The van der Waals surface area contributed by atoms with E-state index in [1.54, 1.807) is 41.6 Å². The summed E-state index contributed by atoms with van der Waals surface area (Å²) in [5, 5.41) is 11.7. The third-order valence-electron chi connectivity index (χ3n) is 4.77. The molecule has 1 aliphatic rings. The molecule has 1 fully saturated rings. The predicted octanol–water partition coefficient (Wildman–Crippen LogP) is 3.82. The molecule has 2 amide bonds. The molecule has 2 aromatic carbocycles. The second-order valence-electron chi connectivity index (χ2n) is 6.64. The van der Waals surface area contributed by atoms with Crippen LogP contribution in [0.5, 0.6) is 0 Å². The Morgan fingerprint density at radius 3 is 2.41 bits per heavy atom. The minimum absolute atomic E-state index is 0.221. The van der Waals surface area contributed by atoms with Crippen LogP contribution in [0.1, 0.15) is 23.2 Å². The number of carbonyl (C=O) groups excluding carboxylic acids is 2. The average molecular weight is 430 g/mol. The van der Waals surface area contributed by atoms with E-state index in [0.717, 1.165) is 12.1 Å². The second kappa shape index (κ2) is 8.23. The Morgan fingerprint density at radius 1 is 1.00 bits per heavy atom. The number of amides is 2. The van der Waals surface area contributed by atoms with Gasteiger partial charge in [0.05, 0.1) is 28.1 Å². The fraction of sp³-hybridized carbons (Fsp3) is 0.200. The van der Waals surface area contributed by atoms with E-state index in [1.807, 2.05) is 12.1 Å². The van der Waals surface area contributed by atoms with Crippen LogP contribution in [-0.2, 0) is 4.79 Å². The lowest BCUT2D eigenvalue weighted by atomic mass is 10.1. The molecule has 1 aromatic heterocycles. The van der Waals surface area contributed by atoms with E-state index in [4.69, 9.17) is 23.2 Å². The van der Waals surface area contributed by atoms with Crippen molar-refractivity contribution in [1.29, 1.82) is 0 Å². The van der Waals surface area contributed by atoms with Crippen molar-refractivity contribution in [1.82, 2.24) is 19.9 Å². The molecule has 148 valence electrons. The SMILES string of the molecule is O=C(Nc1ccc(-n2nccn2)cc1)C1CCCN1C(=O)c1ccc(Cl)c(Cl)c1. The van der Waals surface area contributed by atoms with Gasteiger partial charge in [-0.1, -0.05) is 23.2 Å². The summed E-state index contributed by atoms with van der Waals surface area (Å²) in [4.78, 5) is 28.8. The highest BCUT2D eigenvalue weighted by Crippen LogP contribution is 2.26. The number of benzene rings is 2. The Hall–Kier alpha value is -2.90. The van der Waals surface area contributed by atoms with Gasteiger partial charge in [-0.3, -0.25) is 9.59 Å². The van der Waals surface area contributed by atoms with Crippen molar-refractivity contribution in [3.05, 3.63) is 70.5 Å². The molecule has 2 heterocycles. The third kappa shape index (κ3) is 4.11. The van der Waals surface area contributed by atoms with Crippen LogP contribution in [0.25, 0.3) is 5.69 Å². The quantitative estimate of drug-likeness (QED) is 0.683. The molecular weight excluding hydrogens is 413 g/mol. The van der Waals surface area contributed by atoms with E-state index in [-0.39, 0.29) is 11.8 Å². The maximum Gasteiger partial charge on any atom is 0.254 e. The first-order valence-electron chi connectivity index (χ1n) is 9.06. The van der Waals surface area contributed by atoms with Crippen LogP contribution in [0.3, 0.4) is 0 Å². The van der Waals surface area contributed by atoms with Crippen molar-refractivity contribution >= 4 is 40.7 Å². The van der Waals surface area contributed by atoms with Crippen LogP contribution < -0.4 is 5.32 Å². The first kappa shape index (κ1) is 19.4. The molecule has 0 bridgehead atoms. The number of aromatic nitrogens is 3. The van der Waals surface area contributed by atoms with Gasteiger partial charge in [-0.15, -0.1) is 0 Å². The van der Waals surface area contributed by atoms with E-state index >= 15 is 0 Å². The first-order chi connectivity index (χ1) is 14.0. The van der Waals surface area contributed by atoms with E-state index in [1.165, 1.54) is 10.9 Å². The molecule has 1 unspecified atom stereocenters. The monoisotopic (exact) mass is 429 g/mol. The van der Waals surface area contributed by atoms with Crippen LogP contribution >= 0.6 is 23.2 Å². The molecule has 1 aliphatic heterocycles. The molecule has 4 rings (SSSR count). The lowest BCUT2D eigenvalue weighted by Gasteiger charge is -2.24. The normalized spacial score (nSPS) is 16.1. The van der Waals surface area contributed by atoms with Crippen LogP contribution in [0.2, 0.25) is 10.0 Å². The molecule has 29 heavy (non-hydrogen) atoms. The Balaban J connectivity index is 1.46. The maximum absolute atomic E-state index is 12.9. The van der Waals surface area contributed by atoms with Crippen molar-refractivity contribution in [3.8, 4) is 5.69 Å². The van der Waals surface area contributed by atoms with Crippen molar-refractivity contribution in [2.24, 2.45) is 0 Å². The molecule has 0 spiro atoms. The molecule has 1 saturated heterocycles. The fourth-order valence-electron chi connectivity index (χ4n) is 3.33. The molecular formula is C20H17Cl2N5O2. The summed E-state index contributed by atoms with van der Waals surface area (Å²) in [5.41, 5.74) is 1.83. The average Bonchev–Trinajstić information content (AvgIpc) is 3.42. The number of carbonyl (C=O) groups is 2. The van der Waals surface area contributed by atoms with Gasteiger partial charge >= 0.3 is 0 Å². The van der Waals surface area contributed by atoms with E-state index < -0.39 is 6.04 Å². The zero-order chi connectivity index (χ0) is 20.4. The summed E-state index contributed by atoms with van der Waals surface area (Å²) in [6.07, 6.45) is 4.55. The molecule has 7 nitrogen and oxygen atoms in total. The number of nitrogens with zero attached hydrogens (tertiary/aromatic N) is 4. The zero-order valence-corrected chi connectivity index (χ0v) is 16.8. The predicted molar refractivity (Wildman–Crippen MR) is 111 cm³/mol. The standard InChI is InChI=1S/C20H17Cl2N5O2/c21-16-8-3-13(12-17(16)22)20(29)26-11-1-2-18(26)19(28)25-14-4-6-15(7-5-14)27-23-9-10-24-27/h3-10,12,18H,1-2,11H2,(H,25,28). The summed E-state index contributed by atoms with van der Waals surface area (Å²) < 4.78 is 0. The van der Waals surface area contributed by atoms with Crippen LogP contribution in [0.4, 0.5) is 5.69 Å². The van der Waals surface area contributed by atoms with Gasteiger partial charge in [-0.25, -0.2) is 0 Å². The maximum atomic E-state index is 12.9. The highest BCUT2D eigenvalue weighted by atomic mass is 35.5. The lowest BCUT2D eigenvalue weighted by Crippen LogP contribution is -2.43. The fourth-order valence-corrected chi connectivity index (χ4v) is 3.63. The Morgan fingerprint density at radius 2 is 1.72 bits per heavy atom. The van der Waals surface area contributed by atoms with Crippen molar-refractivity contribution in [3.63, 3.8) is 0 Å². The third-order valence-corrected chi connectivity index (χ3v) is 5.51. The highest BCUT2D eigenvalue weighted by Gasteiger charge is 2.34. The molecule has 9 heteroatoms. The second-order valence-corrected chi connectivity index (χ2v) is 7.45. The zero-order valence-electron chi connectivity index (χ0n) is 15.3. The molecule has 1 atom stereocenters. The van der Waals surface area contributed by atoms with Crippen LogP contribution in [-0.4, -0.2) is 44.3 Å². The number of likely N-dealkylation sites (tertiary alicyclic amines) is 1. The van der Waals surface area contributed by atoms with Gasteiger partial charge in [-0.2, -0.15) is 15.0 Å². The van der Waals surface area contributed by atoms with E-state index in [9.17, 15) is 9.59 Å². The number of halogens is 2. The van der Waals surface area contributed by atoms with E-state index in [0.29, 0.717) is 34.3 Å². The summed E-state index contributed by atoms with van der Waals surface area (Å²) in [6, 6.07) is 11.4. The van der Waals surface area contributed by atoms with Crippen molar-refractivity contribution < 1.29 is 9.59 Å². The Labute approximate surface area is 177 Å². The molecule has 0 aliphatic carbocycles. The molecule has 0 saturated carbocycles. The van der Waals surface area contributed by atoms with Gasteiger partial charge in [0, 0.05) is 17.8 Å². The van der Waals surface area contributed by atoms with E-state index in [2.05, 4.69) is 15.5 Å². The largest absolute Gasteiger partial charge is 0.327 e. The summed E-state index contributed by atoms with van der Waals surface area (Å²) >= 11 is 12.0. The van der Waals surface area contributed by atoms with Crippen molar-refractivity contribution in [2.45, 2.75) is 18.9 Å². The number of hydrogen-bond acceptors (Lipinski definition) is 4. The Bertz CT molecular complexity index is 1040. The van der Waals surface area contributed by atoms with Crippen molar-refractivity contribution in [2.75, 3.05) is 11.9 Å². The number of nitrogens with one attached hydrogen (secondary N) is 1. The minimum atomic E-state index is -0.538. The molecule has 1 N–H and O–H groups in total.